The molecule has 0 spiro atoms. The van der Waals surface area contributed by atoms with Crippen molar-refractivity contribution in [2.24, 2.45) is 0 Å². The van der Waals surface area contributed by atoms with Gasteiger partial charge in [0.05, 0.1) is 18.7 Å². The molecule has 2 aliphatic rings. The van der Waals surface area contributed by atoms with E-state index in [4.69, 9.17) is 4.74 Å². The molecular formula is C19H17NO3. The monoisotopic (exact) mass is 307 g/mol. The highest BCUT2D eigenvalue weighted by molar-refractivity contribution is 5.87. The molecule has 0 N–H and O–H groups in total. The Balaban J connectivity index is 0.000000406. The van der Waals surface area contributed by atoms with E-state index >= 15 is 0 Å². The topological polar surface area (TPSA) is 43.8 Å². The number of epoxide rings is 1. The van der Waals surface area contributed by atoms with Crippen molar-refractivity contribution in [1.29, 1.82) is 0 Å². The number of hydrogen-bond acceptors (Lipinski definition) is 3. The van der Waals surface area contributed by atoms with E-state index in [2.05, 4.69) is 4.74 Å². The molecule has 3 aromatic rings. The van der Waals surface area contributed by atoms with Gasteiger partial charge in [0.15, 0.2) is 0 Å². The van der Waals surface area contributed by atoms with Gasteiger partial charge in [-0.05, 0) is 36.8 Å². The molecule has 0 saturated carbocycles. The third kappa shape index (κ3) is 2.62. The molecule has 0 amide bonds. The molecule has 1 aromatic heterocycles. The van der Waals surface area contributed by atoms with E-state index in [9.17, 15) is 4.79 Å². The van der Waals surface area contributed by atoms with Crippen LogP contribution in [0.15, 0.2) is 53.3 Å². The molecule has 4 heteroatoms. The first-order valence-corrected chi connectivity index (χ1v) is 7.69. The van der Waals surface area contributed by atoms with Gasteiger partial charge in [-0.1, -0.05) is 24.3 Å². The molecule has 0 atom stereocenters. The summed E-state index contributed by atoms with van der Waals surface area (Å²) in [6.45, 7) is 4.37. The second kappa shape index (κ2) is 5.56. The van der Waals surface area contributed by atoms with Crippen LogP contribution in [-0.2, 0) is 11.3 Å². The van der Waals surface area contributed by atoms with Crippen molar-refractivity contribution in [3.8, 4) is 11.4 Å². The van der Waals surface area contributed by atoms with E-state index in [0.717, 1.165) is 46.7 Å². The summed E-state index contributed by atoms with van der Waals surface area (Å²) in [6, 6.07) is 15.8. The van der Waals surface area contributed by atoms with Crippen molar-refractivity contribution >= 4 is 10.9 Å². The second-order valence-electron chi connectivity index (χ2n) is 5.73. The molecule has 0 aliphatic carbocycles. The molecule has 1 saturated heterocycles. The van der Waals surface area contributed by atoms with Crippen LogP contribution in [0.3, 0.4) is 0 Å². The maximum absolute atomic E-state index is 12.6. The lowest BCUT2D eigenvalue weighted by atomic mass is 10.1. The first-order valence-electron chi connectivity index (χ1n) is 7.69. The predicted octanol–water partition coefficient (Wildman–Crippen LogP) is 3.21. The van der Waals surface area contributed by atoms with Gasteiger partial charge in [0, 0.05) is 16.6 Å². The van der Waals surface area contributed by atoms with Gasteiger partial charge in [0.25, 0.3) is 5.56 Å². The first kappa shape index (κ1) is 14.0. The minimum Gasteiger partial charge on any atom is -0.487 e. The van der Waals surface area contributed by atoms with Crippen molar-refractivity contribution in [3.05, 3.63) is 70.0 Å². The van der Waals surface area contributed by atoms with Crippen LogP contribution in [0.25, 0.3) is 16.6 Å². The summed E-state index contributed by atoms with van der Waals surface area (Å²) >= 11 is 0. The van der Waals surface area contributed by atoms with Gasteiger partial charge in [-0.25, -0.2) is 0 Å². The Morgan fingerprint density at radius 1 is 1.04 bits per heavy atom. The summed E-state index contributed by atoms with van der Waals surface area (Å²) in [4.78, 5) is 12.6. The van der Waals surface area contributed by atoms with Crippen molar-refractivity contribution in [2.45, 2.75) is 13.5 Å². The van der Waals surface area contributed by atoms with Crippen LogP contribution in [0.2, 0.25) is 0 Å². The number of hydrogen-bond donors (Lipinski definition) is 0. The summed E-state index contributed by atoms with van der Waals surface area (Å²) < 4.78 is 12.1. The lowest BCUT2D eigenvalue weighted by Crippen LogP contribution is -2.22. The number of nitrogens with zero attached hydrogens (tertiary/aromatic N) is 1. The number of fused-ring (bicyclic) bond motifs is 3. The standard InChI is InChI=1S/C17H13NO2.C2H4O/c1-11-8-13-5-3-7-15-16(13)18(17(11)19)14-6-2-4-12(9-14)10-20-15;1-2-3-1/h2-9H,10H2,1H3;1-2H2. The molecule has 2 bridgehead atoms. The summed E-state index contributed by atoms with van der Waals surface area (Å²) in [5.41, 5.74) is 3.56. The highest BCUT2D eigenvalue weighted by Gasteiger charge is 2.15. The van der Waals surface area contributed by atoms with Crippen LogP contribution in [0.5, 0.6) is 5.75 Å². The highest BCUT2D eigenvalue weighted by atomic mass is 16.6. The van der Waals surface area contributed by atoms with Gasteiger partial charge in [-0.2, -0.15) is 0 Å². The van der Waals surface area contributed by atoms with E-state index in [1.807, 2.05) is 55.5 Å². The smallest absolute Gasteiger partial charge is 0.258 e. The Morgan fingerprint density at radius 2 is 1.83 bits per heavy atom. The lowest BCUT2D eigenvalue weighted by molar-refractivity contribution is 0.308. The zero-order valence-electron chi connectivity index (χ0n) is 12.9. The molecule has 5 rings (SSSR count). The highest BCUT2D eigenvalue weighted by Crippen LogP contribution is 2.30. The molecule has 116 valence electrons. The molecule has 0 unspecified atom stereocenters. The number of aromatic nitrogens is 1. The second-order valence-corrected chi connectivity index (χ2v) is 5.73. The van der Waals surface area contributed by atoms with E-state index < -0.39 is 0 Å². The summed E-state index contributed by atoms with van der Waals surface area (Å²) in [5.74, 6) is 0.756. The number of aryl methyl sites for hydroxylation is 1. The van der Waals surface area contributed by atoms with Crippen molar-refractivity contribution < 1.29 is 9.47 Å². The van der Waals surface area contributed by atoms with Gasteiger partial charge in [0.2, 0.25) is 0 Å². The Bertz CT molecular complexity index is 938. The van der Waals surface area contributed by atoms with E-state index in [1.54, 1.807) is 4.57 Å². The maximum atomic E-state index is 12.6. The average Bonchev–Trinajstić information content (AvgIpc) is 3.42. The van der Waals surface area contributed by atoms with E-state index in [1.165, 1.54) is 0 Å². The molecule has 2 aliphatic heterocycles. The van der Waals surface area contributed by atoms with Crippen molar-refractivity contribution in [1.82, 2.24) is 4.57 Å². The largest absolute Gasteiger partial charge is 0.487 e. The van der Waals surface area contributed by atoms with E-state index in [-0.39, 0.29) is 5.56 Å². The SMILES string of the molecule is C1CO1.Cc1cc2cccc3c2n(c1=O)-c1cccc(c1)CO3. The lowest BCUT2D eigenvalue weighted by Gasteiger charge is -2.19. The zero-order valence-corrected chi connectivity index (χ0v) is 12.9. The van der Waals surface area contributed by atoms with Gasteiger partial charge in [-0.3, -0.25) is 9.36 Å². The van der Waals surface area contributed by atoms with Crippen LogP contribution >= 0.6 is 0 Å². The van der Waals surface area contributed by atoms with Crippen LogP contribution in [0.1, 0.15) is 11.1 Å². The number of para-hydroxylation sites is 1. The molecule has 23 heavy (non-hydrogen) atoms. The fourth-order valence-electron chi connectivity index (χ4n) is 2.78. The van der Waals surface area contributed by atoms with Gasteiger partial charge in [-0.15, -0.1) is 0 Å². The van der Waals surface area contributed by atoms with Crippen LogP contribution in [-0.4, -0.2) is 17.8 Å². The third-order valence-corrected chi connectivity index (χ3v) is 3.93. The molecular weight excluding hydrogens is 290 g/mol. The minimum absolute atomic E-state index is 0.00704. The van der Waals surface area contributed by atoms with Crippen LogP contribution < -0.4 is 10.3 Å². The number of ether oxygens (including phenoxy) is 2. The Hall–Kier alpha value is -2.59. The van der Waals surface area contributed by atoms with Gasteiger partial charge in [0.1, 0.15) is 12.4 Å². The summed E-state index contributed by atoms with van der Waals surface area (Å²) in [5, 5.41) is 1.02. The molecule has 3 heterocycles. The fourth-order valence-corrected chi connectivity index (χ4v) is 2.78. The summed E-state index contributed by atoms with van der Waals surface area (Å²) in [7, 11) is 0. The number of benzene rings is 2. The molecule has 4 nitrogen and oxygen atoms in total. The Labute approximate surface area is 133 Å². The Kier molecular flexibility index (Phi) is 3.39. The van der Waals surface area contributed by atoms with Gasteiger partial charge >= 0.3 is 0 Å². The van der Waals surface area contributed by atoms with Crippen LogP contribution in [0, 0.1) is 6.92 Å². The van der Waals surface area contributed by atoms with Crippen molar-refractivity contribution in [3.63, 3.8) is 0 Å². The average molecular weight is 307 g/mol. The molecule has 0 radical (unpaired) electrons. The zero-order chi connectivity index (χ0) is 15.8. The Morgan fingerprint density at radius 3 is 2.61 bits per heavy atom. The van der Waals surface area contributed by atoms with Gasteiger partial charge < -0.3 is 9.47 Å². The normalized spacial score (nSPS) is 14.1. The van der Waals surface area contributed by atoms with Crippen molar-refractivity contribution in [2.75, 3.05) is 13.2 Å². The third-order valence-electron chi connectivity index (χ3n) is 3.93. The minimum atomic E-state index is 0.00704. The molecule has 2 aromatic carbocycles. The molecule has 1 fully saturated rings. The van der Waals surface area contributed by atoms with Crippen LogP contribution in [0.4, 0.5) is 0 Å². The first-order chi connectivity index (χ1) is 11.2. The fraction of sp³-hybridized carbons (Fsp3) is 0.211. The maximum Gasteiger partial charge on any atom is 0.258 e. The predicted molar refractivity (Wildman–Crippen MR) is 89.4 cm³/mol. The number of rotatable bonds is 0. The quantitative estimate of drug-likeness (QED) is 0.599. The van der Waals surface area contributed by atoms with E-state index in [0.29, 0.717) is 6.61 Å². The number of pyridine rings is 1. The summed E-state index contributed by atoms with van der Waals surface area (Å²) in [6.07, 6.45) is 0.